The molecule has 0 heterocycles. The zero-order valence-electron chi connectivity index (χ0n) is 17.5. The van der Waals surface area contributed by atoms with Crippen LogP contribution in [0.1, 0.15) is 43.5 Å². The fourth-order valence-electron chi connectivity index (χ4n) is 3.00. The highest BCUT2D eigenvalue weighted by molar-refractivity contribution is 5.99. The molecule has 0 radical (unpaired) electrons. The van der Waals surface area contributed by atoms with Gasteiger partial charge in [-0.2, -0.15) is 0 Å². The first-order valence-electron chi connectivity index (χ1n) is 9.71. The third-order valence-electron chi connectivity index (χ3n) is 4.76. The first kappa shape index (κ1) is 21.8. The molecule has 0 saturated carbocycles. The highest BCUT2D eigenvalue weighted by Crippen LogP contribution is 2.24. The Balaban J connectivity index is 1.84. The molecule has 0 fully saturated rings. The molecule has 158 valence electrons. The summed E-state index contributed by atoms with van der Waals surface area (Å²) in [7, 11) is 1.28. The number of hydrogen-bond acceptors (Lipinski definition) is 5. The molecule has 0 unspecified atom stereocenters. The molecule has 0 aliphatic heterocycles. The second-order valence-corrected chi connectivity index (χ2v) is 7.07. The smallest absolute Gasteiger partial charge is 0.339 e. The summed E-state index contributed by atoms with van der Waals surface area (Å²) < 4.78 is 10.2. The predicted octanol–water partition coefficient (Wildman–Crippen LogP) is 4.63. The molecular formula is C25H23NO5. The van der Waals surface area contributed by atoms with Crippen molar-refractivity contribution in [2.45, 2.75) is 20.0 Å². The fraction of sp³-hybridized carbons (Fsp3) is 0.160. The number of hydrogen-bond donors (Lipinski definition) is 1. The third kappa shape index (κ3) is 5.36. The van der Waals surface area contributed by atoms with Gasteiger partial charge in [-0.1, -0.05) is 42.5 Å². The van der Waals surface area contributed by atoms with Crippen LogP contribution in [0.5, 0.6) is 0 Å². The molecule has 6 heteroatoms. The molecule has 1 amide bonds. The van der Waals surface area contributed by atoms with E-state index in [-0.39, 0.29) is 5.56 Å². The first-order chi connectivity index (χ1) is 14.9. The quantitative estimate of drug-likeness (QED) is 0.592. The van der Waals surface area contributed by atoms with E-state index >= 15 is 0 Å². The summed E-state index contributed by atoms with van der Waals surface area (Å²) in [6.07, 6.45) is -1.14. The molecule has 3 rings (SSSR count). The summed E-state index contributed by atoms with van der Waals surface area (Å²) in [5.74, 6) is -1.64. The van der Waals surface area contributed by atoms with Crippen LogP contribution in [-0.2, 0) is 14.3 Å². The van der Waals surface area contributed by atoms with Gasteiger partial charge in [0.2, 0.25) is 6.10 Å². The Kier molecular flexibility index (Phi) is 6.82. The Morgan fingerprint density at radius 1 is 0.806 bits per heavy atom. The van der Waals surface area contributed by atoms with E-state index in [9.17, 15) is 14.4 Å². The SMILES string of the molecule is COC(=O)c1ccc(C(=O)O[C@H](C(=O)Nc2cc(C)ccc2C)c2ccccc2)cc1. The van der Waals surface area contributed by atoms with E-state index in [4.69, 9.17) is 4.74 Å². The van der Waals surface area contributed by atoms with Gasteiger partial charge in [0, 0.05) is 11.3 Å². The number of aryl methyl sites for hydroxylation is 2. The number of methoxy groups -OCH3 is 1. The molecule has 0 saturated heterocycles. The summed E-state index contributed by atoms with van der Waals surface area (Å²) in [6.45, 7) is 3.82. The zero-order valence-corrected chi connectivity index (χ0v) is 17.5. The number of ether oxygens (including phenoxy) is 2. The summed E-state index contributed by atoms with van der Waals surface area (Å²) >= 11 is 0. The Morgan fingerprint density at radius 2 is 1.42 bits per heavy atom. The number of benzene rings is 3. The molecule has 1 atom stereocenters. The minimum Gasteiger partial charge on any atom is -0.465 e. The highest BCUT2D eigenvalue weighted by Gasteiger charge is 2.26. The van der Waals surface area contributed by atoms with Crippen LogP contribution in [0.3, 0.4) is 0 Å². The number of rotatable bonds is 6. The lowest BCUT2D eigenvalue weighted by atomic mass is 10.1. The minimum absolute atomic E-state index is 0.216. The maximum atomic E-state index is 13.1. The third-order valence-corrected chi connectivity index (χ3v) is 4.76. The zero-order chi connectivity index (χ0) is 22.4. The maximum absolute atomic E-state index is 13.1. The van der Waals surface area contributed by atoms with E-state index in [1.807, 2.05) is 38.1 Å². The van der Waals surface area contributed by atoms with Crippen molar-refractivity contribution in [1.82, 2.24) is 0 Å². The van der Waals surface area contributed by atoms with E-state index in [0.29, 0.717) is 16.8 Å². The van der Waals surface area contributed by atoms with Crippen LogP contribution >= 0.6 is 0 Å². The predicted molar refractivity (Wildman–Crippen MR) is 117 cm³/mol. The van der Waals surface area contributed by atoms with Crippen molar-refractivity contribution in [2.75, 3.05) is 12.4 Å². The van der Waals surface area contributed by atoms with E-state index in [1.54, 1.807) is 24.3 Å². The maximum Gasteiger partial charge on any atom is 0.339 e. The molecule has 0 aliphatic carbocycles. The van der Waals surface area contributed by atoms with Crippen molar-refractivity contribution < 1.29 is 23.9 Å². The highest BCUT2D eigenvalue weighted by atomic mass is 16.5. The van der Waals surface area contributed by atoms with Crippen LogP contribution in [0.25, 0.3) is 0 Å². The van der Waals surface area contributed by atoms with Crippen molar-refractivity contribution in [3.05, 3.63) is 101 Å². The fourth-order valence-corrected chi connectivity index (χ4v) is 3.00. The topological polar surface area (TPSA) is 81.7 Å². The summed E-state index contributed by atoms with van der Waals surface area (Å²) in [5.41, 5.74) is 3.63. The van der Waals surface area contributed by atoms with Crippen LogP contribution in [-0.4, -0.2) is 25.0 Å². The van der Waals surface area contributed by atoms with Gasteiger partial charge in [0.05, 0.1) is 18.2 Å². The van der Waals surface area contributed by atoms with Crippen molar-refractivity contribution in [2.24, 2.45) is 0 Å². The van der Waals surface area contributed by atoms with Gasteiger partial charge in [0.25, 0.3) is 5.91 Å². The normalized spacial score (nSPS) is 11.3. The van der Waals surface area contributed by atoms with E-state index in [1.165, 1.54) is 31.4 Å². The lowest BCUT2D eigenvalue weighted by molar-refractivity contribution is -0.125. The largest absolute Gasteiger partial charge is 0.465 e. The van der Waals surface area contributed by atoms with Gasteiger partial charge in [-0.15, -0.1) is 0 Å². The molecule has 0 bridgehead atoms. The van der Waals surface area contributed by atoms with E-state index in [0.717, 1.165) is 11.1 Å². The molecule has 3 aromatic carbocycles. The lowest BCUT2D eigenvalue weighted by Crippen LogP contribution is -2.26. The summed E-state index contributed by atoms with van der Waals surface area (Å²) in [6, 6.07) is 20.4. The number of carbonyl (C=O) groups excluding carboxylic acids is 3. The van der Waals surface area contributed by atoms with Crippen LogP contribution in [0, 0.1) is 13.8 Å². The molecular weight excluding hydrogens is 394 g/mol. The summed E-state index contributed by atoms with van der Waals surface area (Å²) in [5, 5.41) is 2.86. The number of carbonyl (C=O) groups is 3. The van der Waals surface area contributed by atoms with Crippen LogP contribution in [0.4, 0.5) is 5.69 Å². The van der Waals surface area contributed by atoms with E-state index in [2.05, 4.69) is 10.1 Å². The average Bonchev–Trinajstić information content (AvgIpc) is 2.79. The van der Waals surface area contributed by atoms with Crippen molar-refractivity contribution in [3.8, 4) is 0 Å². The summed E-state index contributed by atoms with van der Waals surface area (Å²) in [4.78, 5) is 37.4. The van der Waals surface area contributed by atoms with Crippen molar-refractivity contribution in [1.29, 1.82) is 0 Å². The number of anilines is 1. The van der Waals surface area contributed by atoms with Crippen molar-refractivity contribution >= 4 is 23.5 Å². The first-order valence-corrected chi connectivity index (χ1v) is 9.71. The Morgan fingerprint density at radius 3 is 2.03 bits per heavy atom. The van der Waals surface area contributed by atoms with E-state index < -0.39 is 23.9 Å². The molecule has 0 spiro atoms. The molecule has 0 aromatic heterocycles. The van der Waals surface area contributed by atoms with Gasteiger partial charge in [0.15, 0.2) is 0 Å². The second kappa shape index (κ2) is 9.71. The van der Waals surface area contributed by atoms with Crippen LogP contribution in [0.15, 0.2) is 72.8 Å². The minimum atomic E-state index is -1.14. The Labute approximate surface area is 180 Å². The lowest BCUT2D eigenvalue weighted by Gasteiger charge is -2.19. The van der Waals surface area contributed by atoms with Gasteiger partial charge >= 0.3 is 11.9 Å². The molecule has 6 nitrogen and oxygen atoms in total. The number of nitrogens with one attached hydrogen (secondary N) is 1. The molecule has 0 aliphatic rings. The van der Waals surface area contributed by atoms with Gasteiger partial charge in [-0.05, 0) is 55.3 Å². The van der Waals surface area contributed by atoms with Crippen molar-refractivity contribution in [3.63, 3.8) is 0 Å². The van der Waals surface area contributed by atoms with Crippen LogP contribution in [0.2, 0.25) is 0 Å². The Hall–Kier alpha value is -3.93. The number of esters is 2. The standard InChI is InChI=1S/C25H23NO5/c1-16-9-10-17(2)21(15-16)26-23(27)22(18-7-5-4-6-8-18)31-25(29)20-13-11-19(12-14-20)24(28)30-3/h4-15,22H,1-3H3,(H,26,27)/t22-/m0/s1. The Bertz CT molecular complexity index is 1090. The monoisotopic (exact) mass is 417 g/mol. The van der Waals surface area contributed by atoms with Gasteiger partial charge < -0.3 is 14.8 Å². The van der Waals surface area contributed by atoms with Gasteiger partial charge in [0.1, 0.15) is 0 Å². The number of amides is 1. The molecule has 3 aromatic rings. The van der Waals surface area contributed by atoms with Crippen LogP contribution < -0.4 is 5.32 Å². The van der Waals surface area contributed by atoms with Gasteiger partial charge in [-0.25, -0.2) is 9.59 Å². The molecule has 1 N–H and O–H groups in total. The average molecular weight is 417 g/mol. The molecule has 31 heavy (non-hydrogen) atoms. The second-order valence-electron chi connectivity index (χ2n) is 7.07. The van der Waals surface area contributed by atoms with Gasteiger partial charge in [-0.3, -0.25) is 4.79 Å².